The van der Waals surface area contributed by atoms with Gasteiger partial charge < -0.3 is 0 Å². The molecule has 3 heterocycles. The first kappa shape index (κ1) is 20.3. The highest BCUT2D eigenvalue weighted by atomic mass is 15.3. The van der Waals surface area contributed by atoms with Crippen LogP contribution in [0.5, 0.6) is 0 Å². The second-order valence-electron chi connectivity index (χ2n) is 10.7. The highest BCUT2D eigenvalue weighted by Gasteiger charge is 2.21. The van der Waals surface area contributed by atoms with Crippen LogP contribution in [0.25, 0.3) is 11.6 Å². The first-order valence-corrected chi connectivity index (χ1v) is 9.89. The van der Waals surface area contributed by atoms with Crippen molar-refractivity contribution in [3.63, 3.8) is 0 Å². The topological polar surface area (TPSA) is 48.5 Å². The van der Waals surface area contributed by atoms with Gasteiger partial charge in [-0.3, -0.25) is 0 Å². The van der Waals surface area contributed by atoms with Crippen LogP contribution in [0.1, 0.15) is 79.0 Å². The minimum Gasteiger partial charge on any atom is -0.222 e. The van der Waals surface area contributed by atoms with Crippen molar-refractivity contribution in [3.8, 4) is 11.6 Å². The van der Waals surface area contributed by atoms with E-state index in [1.54, 1.807) is 0 Å². The standard InChI is InChI=1S/C23H33N5/c1-21(2,3)16-10-19(27-14-17(12-24-27)22(4,5)6)26-20(11-16)28-15-18(13-25-28)23(7,8)9/h10-15H,1-9H3. The molecular formula is C23H33N5. The van der Waals surface area contributed by atoms with E-state index in [1.165, 1.54) is 16.7 Å². The molecule has 5 nitrogen and oxygen atoms in total. The van der Waals surface area contributed by atoms with E-state index in [4.69, 9.17) is 4.98 Å². The molecule has 0 atom stereocenters. The van der Waals surface area contributed by atoms with Crippen molar-refractivity contribution in [3.05, 3.63) is 53.6 Å². The molecule has 0 N–H and O–H groups in total. The second-order valence-corrected chi connectivity index (χ2v) is 10.7. The predicted molar refractivity (Wildman–Crippen MR) is 115 cm³/mol. The molecule has 3 rings (SSSR count). The van der Waals surface area contributed by atoms with Gasteiger partial charge in [0.25, 0.3) is 0 Å². The van der Waals surface area contributed by atoms with E-state index >= 15 is 0 Å². The number of nitrogens with zero attached hydrogens (tertiary/aromatic N) is 5. The zero-order valence-corrected chi connectivity index (χ0v) is 18.7. The third-order valence-corrected chi connectivity index (χ3v) is 5.03. The van der Waals surface area contributed by atoms with E-state index in [0.717, 1.165) is 11.6 Å². The molecule has 0 saturated carbocycles. The monoisotopic (exact) mass is 379 g/mol. The van der Waals surface area contributed by atoms with Gasteiger partial charge in [-0.05, 0) is 45.1 Å². The van der Waals surface area contributed by atoms with Crippen LogP contribution >= 0.6 is 0 Å². The highest BCUT2D eigenvalue weighted by molar-refractivity contribution is 5.41. The maximum absolute atomic E-state index is 4.88. The lowest BCUT2D eigenvalue weighted by Crippen LogP contribution is -2.15. The molecule has 5 heteroatoms. The molecule has 0 spiro atoms. The van der Waals surface area contributed by atoms with E-state index in [2.05, 4.69) is 97.0 Å². The molecule has 28 heavy (non-hydrogen) atoms. The highest BCUT2D eigenvalue weighted by Crippen LogP contribution is 2.28. The summed E-state index contributed by atoms with van der Waals surface area (Å²) in [5.41, 5.74) is 3.66. The van der Waals surface area contributed by atoms with E-state index in [-0.39, 0.29) is 16.2 Å². The summed E-state index contributed by atoms with van der Waals surface area (Å²) in [5, 5.41) is 9.16. The van der Waals surface area contributed by atoms with Gasteiger partial charge in [-0.25, -0.2) is 14.3 Å². The van der Waals surface area contributed by atoms with Gasteiger partial charge in [0.05, 0.1) is 12.4 Å². The first-order valence-electron chi connectivity index (χ1n) is 9.89. The number of pyridine rings is 1. The molecule has 0 saturated heterocycles. The Morgan fingerprint density at radius 1 is 0.571 bits per heavy atom. The first-order chi connectivity index (χ1) is 12.7. The maximum Gasteiger partial charge on any atom is 0.156 e. The molecule has 3 aromatic rings. The van der Waals surface area contributed by atoms with Crippen LogP contribution in [0, 0.1) is 0 Å². The van der Waals surface area contributed by atoms with Gasteiger partial charge in [0.1, 0.15) is 0 Å². The summed E-state index contributed by atoms with van der Waals surface area (Å²) in [6.45, 7) is 19.8. The van der Waals surface area contributed by atoms with Crippen molar-refractivity contribution in [2.75, 3.05) is 0 Å². The molecule has 0 aliphatic rings. The van der Waals surface area contributed by atoms with Gasteiger partial charge in [0.2, 0.25) is 0 Å². The minimum absolute atomic E-state index is 0.00748. The van der Waals surface area contributed by atoms with Crippen molar-refractivity contribution in [1.82, 2.24) is 24.5 Å². The number of aromatic nitrogens is 5. The Hall–Kier alpha value is -2.43. The quantitative estimate of drug-likeness (QED) is 0.603. The Labute approximate surface area is 168 Å². The van der Waals surface area contributed by atoms with Crippen molar-refractivity contribution < 1.29 is 0 Å². The molecule has 0 radical (unpaired) electrons. The van der Waals surface area contributed by atoms with Gasteiger partial charge in [0.15, 0.2) is 11.6 Å². The Kier molecular flexibility index (Phi) is 4.77. The van der Waals surface area contributed by atoms with Gasteiger partial charge in [-0.1, -0.05) is 62.3 Å². The fourth-order valence-corrected chi connectivity index (χ4v) is 2.84. The van der Waals surface area contributed by atoms with Crippen molar-refractivity contribution >= 4 is 0 Å². The molecule has 0 aromatic carbocycles. The summed E-state index contributed by atoms with van der Waals surface area (Å²) >= 11 is 0. The largest absolute Gasteiger partial charge is 0.222 e. The molecule has 3 aromatic heterocycles. The van der Waals surface area contributed by atoms with Crippen LogP contribution in [0.2, 0.25) is 0 Å². The minimum atomic E-state index is -0.00748. The Bertz CT molecular complexity index is 901. The molecular weight excluding hydrogens is 346 g/mol. The Morgan fingerprint density at radius 2 is 0.929 bits per heavy atom. The average molecular weight is 380 g/mol. The lowest BCUT2D eigenvalue weighted by Gasteiger charge is -2.21. The van der Waals surface area contributed by atoms with E-state index in [1.807, 2.05) is 21.8 Å². The van der Waals surface area contributed by atoms with Gasteiger partial charge in [0, 0.05) is 12.4 Å². The summed E-state index contributed by atoms with van der Waals surface area (Å²) in [5.74, 6) is 1.62. The van der Waals surface area contributed by atoms with E-state index in [9.17, 15) is 0 Å². The number of hydrogen-bond donors (Lipinski definition) is 0. The third-order valence-electron chi connectivity index (χ3n) is 5.03. The fourth-order valence-electron chi connectivity index (χ4n) is 2.84. The van der Waals surface area contributed by atoms with Crippen molar-refractivity contribution in [1.29, 1.82) is 0 Å². The number of hydrogen-bond acceptors (Lipinski definition) is 3. The van der Waals surface area contributed by atoms with Crippen LogP contribution in [-0.2, 0) is 16.2 Å². The third kappa shape index (κ3) is 4.18. The molecule has 0 unspecified atom stereocenters. The molecule has 0 aliphatic carbocycles. The zero-order chi connectivity index (χ0) is 20.9. The summed E-state index contributed by atoms with van der Waals surface area (Å²) in [7, 11) is 0. The molecule has 0 bridgehead atoms. The lowest BCUT2D eigenvalue weighted by molar-refractivity contribution is 0.584. The van der Waals surface area contributed by atoms with Gasteiger partial charge in [-0.2, -0.15) is 10.2 Å². The predicted octanol–water partition coefficient (Wildman–Crippen LogP) is 5.35. The van der Waals surface area contributed by atoms with Crippen LogP contribution in [-0.4, -0.2) is 24.5 Å². The van der Waals surface area contributed by atoms with Crippen molar-refractivity contribution in [2.45, 2.75) is 78.6 Å². The van der Waals surface area contributed by atoms with Gasteiger partial charge in [-0.15, -0.1) is 0 Å². The van der Waals surface area contributed by atoms with E-state index < -0.39 is 0 Å². The van der Waals surface area contributed by atoms with Crippen LogP contribution in [0.3, 0.4) is 0 Å². The normalized spacial score (nSPS) is 13.2. The lowest BCUT2D eigenvalue weighted by atomic mass is 9.87. The summed E-state index contributed by atoms with van der Waals surface area (Å²) in [6.07, 6.45) is 8.00. The molecule has 0 aliphatic heterocycles. The summed E-state index contributed by atoms with van der Waals surface area (Å²) in [4.78, 5) is 4.88. The molecule has 0 fully saturated rings. The Balaban J connectivity index is 2.13. The van der Waals surface area contributed by atoms with Gasteiger partial charge >= 0.3 is 0 Å². The smallest absolute Gasteiger partial charge is 0.156 e. The average Bonchev–Trinajstić information content (AvgIpc) is 3.22. The molecule has 150 valence electrons. The van der Waals surface area contributed by atoms with E-state index in [0.29, 0.717) is 0 Å². The zero-order valence-electron chi connectivity index (χ0n) is 18.7. The fraction of sp³-hybridized carbons (Fsp3) is 0.522. The van der Waals surface area contributed by atoms with Crippen LogP contribution < -0.4 is 0 Å². The van der Waals surface area contributed by atoms with Crippen molar-refractivity contribution in [2.24, 2.45) is 0 Å². The Morgan fingerprint density at radius 3 is 1.21 bits per heavy atom. The summed E-state index contributed by atoms with van der Waals surface area (Å²) < 4.78 is 3.74. The summed E-state index contributed by atoms with van der Waals surface area (Å²) in [6, 6.07) is 4.24. The van der Waals surface area contributed by atoms with Crippen LogP contribution in [0.15, 0.2) is 36.9 Å². The van der Waals surface area contributed by atoms with Crippen LogP contribution in [0.4, 0.5) is 0 Å². The SMILES string of the molecule is CC(C)(C)c1cc(-n2cc(C(C)(C)C)cn2)nc(-n2cc(C(C)(C)C)cn2)c1. The molecule has 0 amide bonds. The number of rotatable bonds is 2. The maximum atomic E-state index is 4.88. The second kappa shape index (κ2) is 6.57.